The monoisotopic (exact) mass is 266 g/mol. The first kappa shape index (κ1) is 11.3. The molecule has 0 spiro atoms. The van der Waals surface area contributed by atoms with Gasteiger partial charge in [0.05, 0.1) is 5.52 Å². The summed E-state index contributed by atoms with van der Waals surface area (Å²) in [5.74, 6) is 1.38. The van der Waals surface area contributed by atoms with Gasteiger partial charge in [0, 0.05) is 23.9 Å². The number of aromatic nitrogens is 1. The molecule has 3 rings (SSSR count). The zero-order chi connectivity index (χ0) is 11.8. The Morgan fingerprint density at radius 3 is 3.12 bits per heavy atom. The third kappa shape index (κ3) is 1.81. The maximum atomic E-state index is 6.11. The molecule has 1 saturated heterocycles. The molecule has 2 unspecified atom stereocenters. The van der Waals surface area contributed by atoms with Crippen LogP contribution in [0.4, 0.5) is 5.00 Å². The molecule has 1 aromatic heterocycles. The van der Waals surface area contributed by atoms with Gasteiger partial charge in [-0.25, -0.2) is 0 Å². The summed E-state index contributed by atoms with van der Waals surface area (Å²) in [6.07, 6.45) is 1.23. The molecule has 1 aliphatic rings. The minimum atomic E-state index is 0.459. The van der Waals surface area contributed by atoms with Gasteiger partial charge in [0.25, 0.3) is 0 Å². The van der Waals surface area contributed by atoms with E-state index in [9.17, 15) is 0 Å². The van der Waals surface area contributed by atoms with Gasteiger partial charge in [0.1, 0.15) is 5.00 Å². The Balaban J connectivity index is 2.04. The van der Waals surface area contributed by atoms with Gasteiger partial charge in [-0.05, 0) is 36.0 Å². The van der Waals surface area contributed by atoms with Crippen LogP contribution in [0, 0.1) is 5.92 Å². The average molecular weight is 267 g/mol. The second kappa shape index (κ2) is 4.46. The summed E-state index contributed by atoms with van der Waals surface area (Å²) in [6.45, 7) is 3.39. The minimum absolute atomic E-state index is 0.459. The van der Waals surface area contributed by atoms with Crippen LogP contribution in [0.5, 0.6) is 0 Å². The fourth-order valence-corrected chi connectivity index (χ4v) is 4.00. The summed E-state index contributed by atoms with van der Waals surface area (Å²) in [5, 5.41) is 2.55. The highest BCUT2D eigenvalue weighted by molar-refractivity contribution is 7.11. The van der Waals surface area contributed by atoms with Crippen LogP contribution in [-0.4, -0.2) is 22.8 Å². The van der Waals surface area contributed by atoms with E-state index >= 15 is 0 Å². The molecule has 0 amide bonds. The number of alkyl halides is 1. The number of nitrogens with zero attached hydrogens (tertiary/aromatic N) is 2. The maximum absolute atomic E-state index is 6.11. The van der Waals surface area contributed by atoms with Crippen LogP contribution < -0.4 is 4.90 Å². The zero-order valence-electron chi connectivity index (χ0n) is 9.77. The molecule has 90 valence electrons. The highest BCUT2D eigenvalue weighted by atomic mass is 35.5. The Hall–Kier alpha value is -0.800. The summed E-state index contributed by atoms with van der Waals surface area (Å²) < 4.78 is 4.51. The number of benzene rings is 1. The standard InChI is InChI=1S/C13H15ClN2S/c1-9-6-7-16(12(9)8-14)13-10-4-2-3-5-11(10)15-17-13/h2-5,9,12H,6-8H2,1H3. The average Bonchev–Trinajstić information content (AvgIpc) is 2.92. The van der Waals surface area contributed by atoms with Crippen LogP contribution in [0.25, 0.3) is 10.9 Å². The van der Waals surface area contributed by atoms with Gasteiger partial charge < -0.3 is 4.90 Å². The summed E-state index contributed by atoms with van der Waals surface area (Å²) >= 11 is 7.71. The molecule has 2 heterocycles. The summed E-state index contributed by atoms with van der Waals surface area (Å²) in [6, 6.07) is 8.81. The molecule has 0 saturated carbocycles. The first-order valence-corrected chi connectivity index (χ1v) is 7.29. The van der Waals surface area contributed by atoms with E-state index in [1.165, 1.54) is 16.8 Å². The van der Waals surface area contributed by atoms with Crippen LogP contribution in [0.2, 0.25) is 0 Å². The van der Waals surface area contributed by atoms with Gasteiger partial charge in [0.2, 0.25) is 0 Å². The normalized spacial score (nSPS) is 24.7. The number of hydrogen-bond acceptors (Lipinski definition) is 3. The molecule has 2 nitrogen and oxygen atoms in total. The van der Waals surface area contributed by atoms with E-state index in [0.717, 1.165) is 12.1 Å². The van der Waals surface area contributed by atoms with E-state index in [1.54, 1.807) is 11.5 Å². The molecule has 1 fully saturated rings. The third-order valence-electron chi connectivity index (χ3n) is 3.67. The van der Waals surface area contributed by atoms with E-state index in [-0.39, 0.29) is 0 Å². The fourth-order valence-electron chi connectivity index (χ4n) is 2.58. The van der Waals surface area contributed by atoms with E-state index in [2.05, 4.69) is 34.4 Å². The largest absolute Gasteiger partial charge is 0.357 e. The Labute approximate surface area is 110 Å². The fraction of sp³-hybridized carbons (Fsp3) is 0.462. The van der Waals surface area contributed by atoms with Crippen molar-refractivity contribution in [2.24, 2.45) is 5.92 Å². The Bertz CT molecular complexity index is 525. The van der Waals surface area contributed by atoms with Crippen LogP contribution in [0.1, 0.15) is 13.3 Å². The van der Waals surface area contributed by atoms with Crippen molar-refractivity contribution >= 4 is 39.0 Å². The van der Waals surface area contributed by atoms with E-state index in [0.29, 0.717) is 17.8 Å². The topological polar surface area (TPSA) is 16.1 Å². The number of halogens is 1. The molecule has 0 N–H and O–H groups in total. The molecular formula is C13H15ClN2S. The Morgan fingerprint density at radius 2 is 2.29 bits per heavy atom. The van der Waals surface area contributed by atoms with Crippen molar-refractivity contribution in [2.75, 3.05) is 17.3 Å². The molecule has 1 aliphatic heterocycles. The second-order valence-corrected chi connectivity index (χ2v) is 5.75. The summed E-state index contributed by atoms with van der Waals surface area (Å²) in [4.78, 5) is 2.44. The van der Waals surface area contributed by atoms with Crippen molar-refractivity contribution in [1.82, 2.24) is 4.37 Å². The van der Waals surface area contributed by atoms with Gasteiger partial charge in [-0.3, -0.25) is 0 Å². The molecule has 0 aliphatic carbocycles. The van der Waals surface area contributed by atoms with Crippen molar-refractivity contribution in [3.63, 3.8) is 0 Å². The number of hydrogen-bond donors (Lipinski definition) is 0. The van der Waals surface area contributed by atoms with Gasteiger partial charge in [-0.1, -0.05) is 19.1 Å². The summed E-state index contributed by atoms with van der Waals surface area (Å²) in [7, 11) is 0. The van der Waals surface area contributed by atoms with Crippen LogP contribution >= 0.6 is 23.1 Å². The maximum Gasteiger partial charge on any atom is 0.120 e. The predicted molar refractivity (Wildman–Crippen MR) is 75.3 cm³/mol. The second-order valence-electron chi connectivity index (χ2n) is 4.69. The molecule has 2 atom stereocenters. The highest BCUT2D eigenvalue weighted by Crippen LogP contribution is 2.37. The SMILES string of the molecule is CC1CCN(c2snc3ccccc23)C1CCl. The molecule has 4 heteroatoms. The van der Waals surface area contributed by atoms with Gasteiger partial charge in [-0.15, -0.1) is 11.6 Å². The number of rotatable bonds is 2. The van der Waals surface area contributed by atoms with E-state index in [1.807, 2.05) is 6.07 Å². The highest BCUT2D eigenvalue weighted by Gasteiger charge is 2.32. The van der Waals surface area contributed by atoms with Crippen molar-refractivity contribution in [1.29, 1.82) is 0 Å². The predicted octanol–water partition coefficient (Wildman–Crippen LogP) is 3.75. The lowest BCUT2D eigenvalue weighted by Gasteiger charge is -2.25. The Kier molecular flexibility index (Phi) is 2.97. The van der Waals surface area contributed by atoms with Gasteiger partial charge in [-0.2, -0.15) is 4.37 Å². The van der Waals surface area contributed by atoms with Crippen LogP contribution in [-0.2, 0) is 0 Å². The molecule has 0 radical (unpaired) electrons. The molecular weight excluding hydrogens is 252 g/mol. The van der Waals surface area contributed by atoms with Gasteiger partial charge >= 0.3 is 0 Å². The molecule has 0 bridgehead atoms. The smallest absolute Gasteiger partial charge is 0.120 e. The van der Waals surface area contributed by atoms with Crippen molar-refractivity contribution < 1.29 is 0 Å². The number of anilines is 1. The van der Waals surface area contributed by atoms with Crippen molar-refractivity contribution in [2.45, 2.75) is 19.4 Å². The lowest BCUT2D eigenvalue weighted by Crippen LogP contribution is -2.33. The number of fused-ring (bicyclic) bond motifs is 1. The molecule has 2 aromatic rings. The lowest BCUT2D eigenvalue weighted by atomic mass is 10.1. The van der Waals surface area contributed by atoms with Crippen molar-refractivity contribution in [3.05, 3.63) is 24.3 Å². The third-order valence-corrected chi connectivity index (χ3v) is 4.90. The minimum Gasteiger partial charge on any atom is -0.357 e. The lowest BCUT2D eigenvalue weighted by molar-refractivity contribution is 0.551. The van der Waals surface area contributed by atoms with Crippen molar-refractivity contribution in [3.8, 4) is 0 Å². The van der Waals surface area contributed by atoms with Gasteiger partial charge in [0.15, 0.2) is 0 Å². The zero-order valence-corrected chi connectivity index (χ0v) is 11.3. The quantitative estimate of drug-likeness (QED) is 0.770. The molecule has 17 heavy (non-hydrogen) atoms. The van der Waals surface area contributed by atoms with E-state index < -0.39 is 0 Å². The first-order chi connectivity index (χ1) is 8.31. The van der Waals surface area contributed by atoms with Crippen LogP contribution in [0.15, 0.2) is 24.3 Å². The summed E-state index contributed by atoms with van der Waals surface area (Å²) in [5.41, 5.74) is 1.10. The first-order valence-electron chi connectivity index (χ1n) is 5.98. The van der Waals surface area contributed by atoms with E-state index in [4.69, 9.17) is 11.6 Å². The molecule has 1 aromatic carbocycles. The van der Waals surface area contributed by atoms with Crippen LogP contribution in [0.3, 0.4) is 0 Å². The Morgan fingerprint density at radius 1 is 1.47 bits per heavy atom.